The number of hydrogen-bond donors (Lipinski definition) is 4. The van der Waals surface area contributed by atoms with Crippen LogP contribution in [-0.4, -0.2) is 117 Å². The van der Waals surface area contributed by atoms with Gasteiger partial charge in [0.2, 0.25) is 5.91 Å². The predicted octanol–water partition coefficient (Wildman–Crippen LogP) is 2.33. The Hall–Kier alpha value is -4.75. The molecule has 1 aliphatic heterocycles. The highest BCUT2D eigenvalue weighted by molar-refractivity contribution is 7.91. The van der Waals surface area contributed by atoms with Gasteiger partial charge in [0.15, 0.2) is 28.1 Å². The number of ether oxygens (including phenoxy) is 1. The Morgan fingerprint density at radius 2 is 1.52 bits per heavy atom. The van der Waals surface area contributed by atoms with Crippen molar-refractivity contribution in [2.45, 2.75) is 49.6 Å². The van der Waals surface area contributed by atoms with Crippen LogP contribution in [0.1, 0.15) is 29.8 Å². The largest absolute Gasteiger partial charge is 0.542 e. The summed E-state index contributed by atoms with van der Waals surface area (Å²) in [5.74, 6) is -9.90. The van der Waals surface area contributed by atoms with Crippen LogP contribution in [0.2, 0.25) is 0 Å². The lowest BCUT2D eigenvalue weighted by Crippen LogP contribution is -2.51. The topological polar surface area (TPSA) is 218 Å². The number of hydrogen-bond acceptors (Lipinski definition) is 11. The molecule has 2 aromatic carbocycles. The first-order chi connectivity index (χ1) is 26.4. The normalized spacial score (nSPS) is 15.5. The number of sulfone groups is 1. The third-order valence-corrected chi connectivity index (χ3v) is 10.7. The monoisotopic (exact) mass is 883 g/mol. The van der Waals surface area contributed by atoms with E-state index in [2.05, 4.69) is 10.6 Å². The SMILES string of the molecule is C[N+](C)(C)CCNC(=O)COc1ccc2nc(C3(NC(=O)C[C@H](N)Cc4cc(F)c(F)cc4F)CCS(=O)(=O)CC3)sc2c1.O=C(O)C(F)(F)F.O=C([O-])C(F)(F)F. The summed E-state index contributed by atoms with van der Waals surface area (Å²) in [7, 11) is 2.78. The van der Waals surface area contributed by atoms with Gasteiger partial charge in [-0.25, -0.2) is 31.4 Å². The maximum absolute atomic E-state index is 14.1. The van der Waals surface area contributed by atoms with Gasteiger partial charge in [-0.05, 0) is 49.1 Å². The van der Waals surface area contributed by atoms with Crippen molar-refractivity contribution in [3.05, 3.63) is 58.4 Å². The molecule has 1 atom stereocenters. The van der Waals surface area contributed by atoms with Gasteiger partial charge in [-0.15, -0.1) is 11.3 Å². The van der Waals surface area contributed by atoms with Gasteiger partial charge in [0, 0.05) is 18.5 Å². The van der Waals surface area contributed by atoms with Gasteiger partial charge >= 0.3 is 18.3 Å². The van der Waals surface area contributed by atoms with E-state index in [0.717, 1.165) is 11.2 Å². The molecular formula is C33H38F9N5O9S2. The first-order valence-electron chi connectivity index (χ1n) is 16.5. The number of carbonyl (C=O) groups is 4. The molecule has 0 spiro atoms. The fraction of sp³-hybridized carbons (Fsp3) is 0.485. The van der Waals surface area contributed by atoms with Gasteiger partial charge in [0.25, 0.3) is 5.91 Å². The van der Waals surface area contributed by atoms with Crippen LogP contribution in [0.15, 0.2) is 30.3 Å². The lowest BCUT2D eigenvalue weighted by molar-refractivity contribution is -0.869. The number of thiazole rings is 1. The molecule has 2 amide bonds. The number of likely N-dealkylation sites (N-methyl/N-ethyl adjacent to an activating group) is 1. The molecule has 58 heavy (non-hydrogen) atoms. The Morgan fingerprint density at radius 1 is 0.966 bits per heavy atom. The van der Waals surface area contributed by atoms with E-state index in [1.54, 1.807) is 18.2 Å². The highest BCUT2D eigenvalue weighted by Crippen LogP contribution is 2.39. The van der Waals surface area contributed by atoms with Crippen molar-refractivity contribution in [3.8, 4) is 5.75 Å². The Balaban J connectivity index is 0.000000707. The average molecular weight is 884 g/mol. The summed E-state index contributed by atoms with van der Waals surface area (Å²) in [4.78, 5) is 47.7. The van der Waals surface area contributed by atoms with Gasteiger partial charge in [-0.1, -0.05) is 0 Å². The Morgan fingerprint density at radius 3 is 2.03 bits per heavy atom. The second kappa shape index (κ2) is 19.8. The van der Waals surface area contributed by atoms with Crippen LogP contribution in [-0.2, 0) is 41.0 Å². The van der Waals surface area contributed by atoms with Crippen molar-refractivity contribution in [3.63, 3.8) is 0 Å². The maximum atomic E-state index is 14.1. The van der Waals surface area contributed by atoms with E-state index in [0.29, 0.717) is 39.4 Å². The number of halogens is 9. The van der Waals surface area contributed by atoms with Crippen LogP contribution >= 0.6 is 11.3 Å². The maximum Gasteiger partial charge on any atom is 0.490 e. The number of carboxylic acids is 2. The minimum absolute atomic E-state index is 0.0880. The standard InChI is InChI=1S/C29H36F3N5O5S2.2C2HF3O2/c1-37(2,3)9-8-34-27(39)17-42-20-4-5-24-25(15-20)43-28(35-24)29(6-10-44(40,41)11-7-29)36-26(38)14-19(33)12-18-13-22(31)23(32)16-21(18)30;2*3-2(4,5)1(6)7/h4-5,13,15-16,19H,6-12,14,17,33H2,1-3H3,(H-,34,36,38,39);2*(H,6,7)/t19-;;/m1../s1. The number of aliphatic carboxylic acids is 2. The molecule has 25 heteroatoms. The van der Waals surface area contributed by atoms with Gasteiger partial charge in [0.05, 0.1) is 61.5 Å². The van der Waals surface area contributed by atoms with Gasteiger partial charge in [-0.3, -0.25) is 9.59 Å². The third-order valence-electron chi connectivity index (χ3n) is 7.80. The van der Waals surface area contributed by atoms with E-state index in [4.69, 9.17) is 35.3 Å². The zero-order valence-electron chi connectivity index (χ0n) is 30.7. The molecule has 0 aliphatic carbocycles. The molecular weight excluding hydrogens is 846 g/mol. The number of fused-ring (bicyclic) bond motifs is 1. The molecule has 0 radical (unpaired) electrons. The quantitative estimate of drug-likeness (QED) is 0.118. The molecule has 1 saturated heterocycles. The molecule has 14 nitrogen and oxygen atoms in total. The lowest BCUT2D eigenvalue weighted by atomic mass is 9.92. The Labute approximate surface area is 328 Å². The summed E-state index contributed by atoms with van der Waals surface area (Å²) in [5, 5.41) is 22.2. The molecule has 1 aromatic heterocycles. The number of benzene rings is 2. The van der Waals surface area contributed by atoms with Crippen molar-refractivity contribution in [2.75, 3.05) is 52.3 Å². The molecule has 0 unspecified atom stereocenters. The summed E-state index contributed by atoms with van der Waals surface area (Å²) in [6.45, 7) is 1.11. The molecule has 1 aliphatic rings. The van der Waals surface area contributed by atoms with Gasteiger partial charge in [-0.2, -0.15) is 26.3 Å². The Bertz CT molecular complexity index is 2020. The van der Waals surface area contributed by atoms with Crippen LogP contribution in [0.5, 0.6) is 5.75 Å². The average Bonchev–Trinajstić information content (AvgIpc) is 3.51. The van der Waals surface area contributed by atoms with Crippen LogP contribution in [0, 0.1) is 17.5 Å². The zero-order valence-corrected chi connectivity index (χ0v) is 32.4. The number of nitrogens with one attached hydrogen (secondary N) is 2. The molecule has 4 rings (SSSR count). The molecule has 5 N–H and O–H groups in total. The minimum Gasteiger partial charge on any atom is -0.542 e. The van der Waals surface area contributed by atoms with E-state index in [9.17, 15) is 57.5 Å². The number of aromatic nitrogens is 1. The number of carboxylic acid groups (broad SMARTS) is 2. The lowest BCUT2D eigenvalue weighted by Gasteiger charge is -2.36. The van der Waals surface area contributed by atoms with Crippen LogP contribution < -0.4 is 26.2 Å². The predicted molar refractivity (Wildman–Crippen MR) is 186 cm³/mol. The highest BCUT2D eigenvalue weighted by atomic mass is 32.2. The smallest absolute Gasteiger partial charge is 0.490 e. The number of quaternary nitrogens is 1. The second-order valence-corrected chi connectivity index (χ2v) is 17.0. The first-order valence-corrected chi connectivity index (χ1v) is 19.2. The van der Waals surface area contributed by atoms with E-state index in [1.807, 2.05) is 21.1 Å². The van der Waals surface area contributed by atoms with E-state index in [-0.39, 0.29) is 55.3 Å². The fourth-order valence-electron chi connectivity index (χ4n) is 4.84. The van der Waals surface area contributed by atoms with Crippen LogP contribution in [0.25, 0.3) is 10.2 Å². The van der Waals surface area contributed by atoms with E-state index in [1.165, 1.54) is 11.3 Å². The third kappa shape index (κ3) is 16.2. The first kappa shape index (κ1) is 49.4. The van der Waals surface area contributed by atoms with Gasteiger partial charge < -0.3 is 40.6 Å². The number of nitrogens with zero attached hydrogens (tertiary/aromatic N) is 2. The summed E-state index contributed by atoms with van der Waals surface area (Å²) in [5.41, 5.74) is 5.43. The van der Waals surface area contributed by atoms with Crippen molar-refractivity contribution >= 4 is 55.1 Å². The van der Waals surface area contributed by atoms with E-state index >= 15 is 0 Å². The second-order valence-electron chi connectivity index (χ2n) is 13.7. The number of nitrogens with two attached hydrogens (primary N) is 1. The Kier molecular flexibility index (Phi) is 16.9. The number of amides is 2. The minimum atomic E-state index is -5.19. The number of carbonyl (C=O) groups excluding carboxylic acids is 3. The van der Waals surface area contributed by atoms with Crippen molar-refractivity contribution < 1.29 is 86.5 Å². The molecule has 1 fully saturated rings. The van der Waals surface area contributed by atoms with Crippen molar-refractivity contribution in [2.24, 2.45) is 5.73 Å². The molecule has 2 heterocycles. The number of alkyl halides is 6. The summed E-state index contributed by atoms with van der Waals surface area (Å²) in [6, 6.07) is 5.36. The highest BCUT2D eigenvalue weighted by Gasteiger charge is 2.43. The van der Waals surface area contributed by atoms with Crippen molar-refractivity contribution in [1.82, 2.24) is 15.6 Å². The number of rotatable bonds is 12. The fourth-order valence-corrected chi connectivity index (χ4v) is 7.56. The molecule has 0 saturated carbocycles. The summed E-state index contributed by atoms with van der Waals surface area (Å²) >= 11 is 1.27. The van der Waals surface area contributed by atoms with Crippen LogP contribution in [0.4, 0.5) is 39.5 Å². The van der Waals surface area contributed by atoms with Crippen LogP contribution in [0.3, 0.4) is 0 Å². The molecule has 0 bridgehead atoms. The van der Waals surface area contributed by atoms with Crippen molar-refractivity contribution in [1.29, 1.82) is 0 Å². The zero-order chi connectivity index (χ0) is 44.4. The summed E-state index contributed by atoms with van der Waals surface area (Å²) < 4.78 is 136. The summed E-state index contributed by atoms with van der Waals surface area (Å²) in [6.07, 6.45) is -10.6. The van der Waals surface area contributed by atoms with E-state index < -0.39 is 69.1 Å². The molecule has 3 aromatic rings. The van der Waals surface area contributed by atoms with Gasteiger partial charge in [0.1, 0.15) is 22.5 Å². The molecule has 324 valence electrons.